The van der Waals surface area contributed by atoms with Crippen LogP contribution in [0.15, 0.2) is 0 Å². The van der Waals surface area contributed by atoms with Crippen LogP contribution in [0.3, 0.4) is 0 Å². The van der Waals surface area contributed by atoms with E-state index in [1.807, 2.05) is 0 Å². The molecule has 0 amide bonds. The van der Waals surface area contributed by atoms with Gasteiger partial charge in [0.2, 0.25) is 0 Å². The molecule has 0 radical (unpaired) electrons. The molecule has 2 aliphatic rings. The summed E-state index contributed by atoms with van der Waals surface area (Å²) in [6.45, 7) is 1.67. The largest absolute Gasteiger partial charge is 0.393 e. The number of carbonyl (C=O) groups excluding carboxylic acids is 4. The third-order valence-corrected chi connectivity index (χ3v) is 2.78. The van der Waals surface area contributed by atoms with Crippen molar-refractivity contribution in [2.75, 3.05) is 0 Å². The van der Waals surface area contributed by atoms with E-state index in [0.717, 1.165) is 0 Å². The molecular formula is C21H10O6. The van der Waals surface area contributed by atoms with Crippen LogP contribution in [0.2, 0.25) is 0 Å². The summed E-state index contributed by atoms with van der Waals surface area (Å²) in [5, 5.41) is 0. The minimum atomic E-state index is -0.728. The zero-order valence-corrected chi connectivity index (χ0v) is 14.1. The van der Waals surface area contributed by atoms with Gasteiger partial charge < -0.3 is 9.47 Å². The van der Waals surface area contributed by atoms with E-state index in [1.54, 1.807) is 6.92 Å². The normalized spacial score (nSPS) is 18.4. The van der Waals surface area contributed by atoms with Gasteiger partial charge in [-0.2, -0.15) is 0 Å². The van der Waals surface area contributed by atoms with Gasteiger partial charge in [0.05, 0.1) is 18.8 Å². The maximum atomic E-state index is 11.0. The van der Waals surface area contributed by atoms with E-state index < -0.39 is 29.8 Å². The Balaban J connectivity index is 0.000000377. The standard InChI is InChI=1S/C16H4O3.C5H6O3/c1-2-3-4-5-6-7-8-9-10-11-12-14-13-15(17)19-16(14)18;1-3-2-4(6)8-5(3)7/h1,14H,13H2;3H,2H2,1H3. The number of hydrogen-bond acceptors (Lipinski definition) is 6. The Labute approximate surface area is 156 Å². The number of hydrogen-bond donors (Lipinski definition) is 0. The zero-order chi connectivity index (χ0) is 20.1. The molecule has 2 unspecified atom stereocenters. The molecule has 0 aromatic heterocycles. The fraction of sp³-hybridized carbons (Fsp3) is 0.238. The van der Waals surface area contributed by atoms with Crippen LogP contribution in [0.4, 0.5) is 0 Å². The van der Waals surface area contributed by atoms with Crippen molar-refractivity contribution in [1.29, 1.82) is 0 Å². The SMILES string of the molecule is C#CC#CC#CC#CC#CC#CC1CC(=O)OC1=O.CC1CC(=O)OC1=O. The molecule has 0 N–H and O–H groups in total. The first kappa shape index (κ1) is 20.7. The van der Waals surface area contributed by atoms with Crippen LogP contribution in [0.1, 0.15) is 19.8 Å². The molecule has 2 saturated heterocycles. The Morgan fingerprint density at radius 1 is 0.741 bits per heavy atom. The summed E-state index contributed by atoms with van der Waals surface area (Å²) < 4.78 is 8.51. The highest BCUT2D eigenvalue weighted by atomic mass is 16.6. The average molecular weight is 358 g/mol. The van der Waals surface area contributed by atoms with Crippen molar-refractivity contribution in [3.8, 4) is 71.5 Å². The highest BCUT2D eigenvalue weighted by Gasteiger charge is 2.31. The Morgan fingerprint density at radius 3 is 1.59 bits per heavy atom. The maximum Gasteiger partial charge on any atom is 0.329 e. The second-order valence-corrected chi connectivity index (χ2v) is 4.86. The van der Waals surface area contributed by atoms with Crippen LogP contribution in [-0.2, 0) is 28.7 Å². The lowest BCUT2D eigenvalue weighted by atomic mass is 10.1. The number of carbonyl (C=O) groups is 4. The first-order valence-electron chi connectivity index (χ1n) is 7.39. The van der Waals surface area contributed by atoms with Gasteiger partial charge in [-0.05, 0) is 59.2 Å². The van der Waals surface area contributed by atoms with E-state index in [4.69, 9.17) is 6.42 Å². The van der Waals surface area contributed by atoms with Gasteiger partial charge in [-0.25, -0.2) is 0 Å². The predicted octanol–water partition coefficient (Wildman–Crippen LogP) is -0.178. The van der Waals surface area contributed by atoms with E-state index in [1.165, 1.54) is 0 Å². The van der Waals surface area contributed by atoms with Gasteiger partial charge in [-0.3, -0.25) is 19.2 Å². The highest BCUT2D eigenvalue weighted by Crippen LogP contribution is 2.14. The fourth-order valence-electron chi connectivity index (χ4n) is 1.55. The first-order chi connectivity index (χ1) is 12.9. The molecule has 0 bridgehead atoms. The molecule has 130 valence electrons. The highest BCUT2D eigenvalue weighted by molar-refractivity contribution is 5.96. The van der Waals surface area contributed by atoms with Crippen LogP contribution in [-0.4, -0.2) is 23.9 Å². The molecular weight excluding hydrogens is 348 g/mol. The van der Waals surface area contributed by atoms with Crippen molar-refractivity contribution in [2.24, 2.45) is 11.8 Å². The number of terminal acetylenes is 1. The van der Waals surface area contributed by atoms with Gasteiger partial charge in [0.1, 0.15) is 5.92 Å². The molecule has 0 aliphatic carbocycles. The molecule has 0 aromatic rings. The van der Waals surface area contributed by atoms with Gasteiger partial charge in [0.25, 0.3) is 0 Å². The Morgan fingerprint density at radius 2 is 1.22 bits per heavy atom. The van der Waals surface area contributed by atoms with E-state index in [0.29, 0.717) is 0 Å². The van der Waals surface area contributed by atoms with Crippen LogP contribution < -0.4 is 0 Å². The molecule has 2 atom stereocenters. The van der Waals surface area contributed by atoms with Crippen LogP contribution in [0, 0.1) is 83.4 Å². The monoisotopic (exact) mass is 358 g/mol. The first-order valence-corrected chi connectivity index (χ1v) is 7.39. The lowest BCUT2D eigenvalue weighted by molar-refractivity contribution is -0.154. The summed E-state index contributed by atoms with van der Waals surface area (Å²) in [6.07, 6.45) is 5.10. The van der Waals surface area contributed by atoms with Crippen molar-refractivity contribution in [3.63, 3.8) is 0 Å². The van der Waals surface area contributed by atoms with E-state index in [-0.39, 0.29) is 18.8 Å². The molecule has 6 heteroatoms. The summed E-state index contributed by atoms with van der Waals surface area (Å²) in [5.74, 6) is 23.2. The lowest BCUT2D eigenvalue weighted by Crippen LogP contribution is -2.04. The summed E-state index contributed by atoms with van der Waals surface area (Å²) in [4.78, 5) is 42.3. The molecule has 2 aliphatic heterocycles. The summed E-state index contributed by atoms with van der Waals surface area (Å²) >= 11 is 0. The van der Waals surface area contributed by atoms with Crippen molar-refractivity contribution in [1.82, 2.24) is 0 Å². The molecule has 2 heterocycles. The minimum Gasteiger partial charge on any atom is -0.393 e. The molecule has 6 nitrogen and oxygen atoms in total. The Kier molecular flexibility index (Phi) is 8.61. The van der Waals surface area contributed by atoms with E-state index in [2.05, 4.69) is 74.6 Å². The lowest BCUT2D eigenvalue weighted by Gasteiger charge is -1.87. The molecule has 2 fully saturated rings. The molecule has 0 spiro atoms. The molecule has 2 rings (SSSR count). The average Bonchev–Trinajstić information content (AvgIpc) is 3.09. The third-order valence-electron chi connectivity index (χ3n) is 2.78. The van der Waals surface area contributed by atoms with Gasteiger partial charge in [0, 0.05) is 0 Å². The van der Waals surface area contributed by atoms with Crippen LogP contribution in [0.5, 0.6) is 0 Å². The number of ether oxygens (including phenoxy) is 2. The van der Waals surface area contributed by atoms with E-state index >= 15 is 0 Å². The molecule has 27 heavy (non-hydrogen) atoms. The van der Waals surface area contributed by atoms with Crippen molar-refractivity contribution in [2.45, 2.75) is 19.8 Å². The van der Waals surface area contributed by atoms with Gasteiger partial charge in [-0.15, -0.1) is 6.42 Å². The predicted molar refractivity (Wildman–Crippen MR) is 91.8 cm³/mol. The van der Waals surface area contributed by atoms with Crippen molar-refractivity contribution < 1.29 is 28.7 Å². The summed E-state index contributed by atoms with van der Waals surface area (Å²) in [7, 11) is 0. The topological polar surface area (TPSA) is 86.7 Å². The number of rotatable bonds is 0. The fourth-order valence-corrected chi connectivity index (χ4v) is 1.55. The van der Waals surface area contributed by atoms with Crippen molar-refractivity contribution >= 4 is 23.9 Å². The van der Waals surface area contributed by atoms with Gasteiger partial charge in [-0.1, -0.05) is 12.8 Å². The Hall–Kier alpha value is -4.36. The van der Waals surface area contributed by atoms with Gasteiger partial charge in [0.15, 0.2) is 0 Å². The number of cyclic esters (lactones) is 4. The Bertz CT molecular complexity index is 1010. The van der Waals surface area contributed by atoms with Crippen molar-refractivity contribution in [3.05, 3.63) is 0 Å². The third kappa shape index (κ3) is 8.34. The second kappa shape index (κ2) is 11.2. The van der Waals surface area contributed by atoms with E-state index in [9.17, 15) is 19.2 Å². The summed E-state index contributed by atoms with van der Waals surface area (Å²) in [6, 6.07) is 0. The molecule has 0 aromatic carbocycles. The second-order valence-electron chi connectivity index (χ2n) is 4.86. The van der Waals surface area contributed by atoms with Crippen LogP contribution in [0.25, 0.3) is 0 Å². The summed E-state index contributed by atoms with van der Waals surface area (Å²) in [5.41, 5.74) is 0. The van der Waals surface area contributed by atoms with Gasteiger partial charge >= 0.3 is 23.9 Å². The maximum absolute atomic E-state index is 11.0. The quantitative estimate of drug-likeness (QED) is 0.339. The molecule has 0 saturated carbocycles. The minimum absolute atomic E-state index is 0.0293. The number of esters is 4. The smallest absolute Gasteiger partial charge is 0.329 e. The zero-order valence-electron chi connectivity index (χ0n) is 14.1. The van der Waals surface area contributed by atoms with Crippen LogP contribution >= 0.6 is 0 Å².